The zero-order valence-electron chi connectivity index (χ0n) is 18.5. The number of thioether (sulfide) groups is 1. The number of aromatic nitrogens is 4. The number of nitrogens with zero attached hydrogens (tertiary/aromatic N) is 4. The molecule has 3 aromatic heterocycles. The number of rotatable bonds is 7. The van der Waals surface area contributed by atoms with E-state index in [9.17, 15) is 9.59 Å². The van der Waals surface area contributed by atoms with Gasteiger partial charge in [0, 0.05) is 17.1 Å². The lowest BCUT2D eigenvalue weighted by molar-refractivity contribution is -0.113. The molecule has 166 valence electrons. The first-order chi connectivity index (χ1) is 15.4. The minimum Gasteiger partial charge on any atom is -0.325 e. The van der Waals surface area contributed by atoms with Gasteiger partial charge in [-0.15, -0.1) is 11.3 Å². The molecular formula is C23H25N5O2S2. The second-order valence-electron chi connectivity index (χ2n) is 7.60. The fourth-order valence-corrected chi connectivity index (χ4v) is 4.96. The Bertz CT molecular complexity index is 1340. The molecule has 4 rings (SSSR count). The molecule has 0 spiro atoms. The van der Waals surface area contributed by atoms with Gasteiger partial charge in [-0.2, -0.15) is 5.10 Å². The van der Waals surface area contributed by atoms with Crippen molar-refractivity contribution >= 4 is 45.7 Å². The molecule has 0 bridgehead atoms. The number of fused-ring (bicyclic) bond motifs is 1. The van der Waals surface area contributed by atoms with E-state index >= 15 is 0 Å². The number of thiophene rings is 1. The predicted octanol–water partition coefficient (Wildman–Crippen LogP) is 4.38. The summed E-state index contributed by atoms with van der Waals surface area (Å²) in [4.78, 5) is 31.8. The van der Waals surface area contributed by atoms with E-state index in [1.165, 1.54) is 17.3 Å². The Hall–Kier alpha value is -2.91. The van der Waals surface area contributed by atoms with Crippen LogP contribution in [-0.2, 0) is 17.9 Å². The lowest BCUT2D eigenvalue weighted by atomic mass is 10.1. The van der Waals surface area contributed by atoms with Crippen molar-refractivity contribution < 1.29 is 4.79 Å². The molecule has 1 aromatic carbocycles. The summed E-state index contributed by atoms with van der Waals surface area (Å²) in [5.74, 6) is 0.00672. The molecular weight excluding hydrogens is 442 g/mol. The smallest absolute Gasteiger partial charge is 0.280 e. The number of nitrogens with one attached hydrogen (secondary N) is 1. The van der Waals surface area contributed by atoms with Crippen molar-refractivity contribution in [3.8, 4) is 0 Å². The van der Waals surface area contributed by atoms with Crippen molar-refractivity contribution in [3.63, 3.8) is 0 Å². The standard InChI is InChI=1S/C23H25N5O2S2/c1-5-28-21-20(16(4)26-28)25-23(27(22(21)30)12-18-7-6-10-31-18)32-13-19(29)24-17-9-8-14(2)15(3)11-17/h6-11H,5,12-13H2,1-4H3,(H,24,29). The van der Waals surface area contributed by atoms with E-state index in [0.29, 0.717) is 35.0 Å². The molecule has 4 aromatic rings. The van der Waals surface area contributed by atoms with Crippen LogP contribution >= 0.6 is 23.1 Å². The molecule has 0 aliphatic carbocycles. The summed E-state index contributed by atoms with van der Waals surface area (Å²) in [6.45, 7) is 8.86. The highest BCUT2D eigenvalue weighted by atomic mass is 32.2. The van der Waals surface area contributed by atoms with E-state index in [4.69, 9.17) is 4.98 Å². The van der Waals surface area contributed by atoms with E-state index in [-0.39, 0.29) is 17.2 Å². The van der Waals surface area contributed by atoms with Crippen molar-refractivity contribution in [2.45, 2.75) is 45.9 Å². The van der Waals surface area contributed by atoms with Gasteiger partial charge < -0.3 is 5.32 Å². The van der Waals surface area contributed by atoms with E-state index in [2.05, 4.69) is 10.4 Å². The van der Waals surface area contributed by atoms with Crippen LogP contribution < -0.4 is 10.9 Å². The van der Waals surface area contributed by atoms with Crippen LogP contribution in [0, 0.1) is 20.8 Å². The second kappa shape index (κ2) is 9.30. The second-order valence-corrected chi connectivity index (χ2v) is 9.57. The summed E-state index contributed by atoms with van der Waals surface area (Å²) in [5.41, 5.74) is 4.73. The summed E-state index contributed by atoms with van der Waals surface area (Å²) in [6, 6.07) is 9.79. The number of hydrogen-bond donors (Lipinski definition) is 1. The summed E-state index contributed by atoms with van der Waals surface area (Å²) in [6.07, 6.45) is 0. The summed E-state index contributed by atoms with van der Waals surface area (Å²) < 4.78 is 3.35. The topological polar surface area (TPSA) is 81.8 Å². The van der Waals surface area contributed by atoms with Gasteiger partial charge in [-0.05, 0) is 62.4 Å². The van der Waals surface area contributed by atoms with Crippen molar-refractivity contribution in [1.82, 2.24) is 19.3 Å². The number of benzene rings is 1. The Labute approximate surface area is 194 Å². The maximum Gasteiger partial charge on any atom is 0.280 e. The SMILES string of the molecule is CCn1nc(C)c2nc(SCC(=O)Nc3ccc(C)c(C)c3)n(Cc3cccs3)c(=O)c21. The highest BCUT2D eigenvalue weighted by molar-refractivity contribution is 7.99. The van der Waals surface area contributed by atoms with Gasteiger partial charge in [0.1, 0.15) is 5.52 Å². The molecule has 0 atom stereocenters. The van der Waals surface area contributed by atoms with Crippen LogP contribution in [0.5, 0.6) is 0 Å². The predicted molar refractivity (Wildman–Crippen MR) is 131 cm³/mol. The maximum atomic E-state index is 13.4. The first-order valence-corrected chi connectivity index (χ1v) is 12.2. The normalized spacial score (nSPS) is 11.2. The van der Waals surface area contributed by atoms with Gasteiger partial charge >= 0.3 is 0 Å². The average Bonchev–Trinajstić information content (AvgIpc) is 3.39. The molecule has 1 N–H and O–H groups in total. The number of aryl methyl sites for hydroxylation is 4. The third kappa shape index (κ3) is 4.49. The number of carbonyl (C=O) groups excluding carboxylic acids is 1. The van der Waals surface area contributed by atoms with Crippen molar-refractivity contribution in [1.29, 1.82) is 0 Å². The van der Waals surface area contributed by atoms with Crippen LogP contribution in [0.15, 0.2) is 45.7 Å². The average molecular weight is 468 g/mol. The van der Waals surface area contributed by atoms with Crippen LogP contribution in [-0.4, -0.2) is 31.0 Å². The van der Waals surface area contributed by atoms with Gasteiger partial charge in [0.05, 0.1) is 18.0 Å². The van der Waals surface area contributed by atoms with Gasteiger partial charge in [-0.1, -0.05) is 23.9 Å². The molecule has 3 heterocycles. The molecule has 9 heteroatoms. The molecule has 7 nitrogen and oxygen atoms in total. The number of anilines is 1. The molecule has 0 unspecified atom stereocenters. The Morgan fingerprint density at radius 2 is 2.00 bits per heavy atom. The van der Waals surface area contributed by atoms with Gasteiger partial charge in [0.2, 0.25) is 5.91 Å². The van der Waals surface area contributed by atoms with E-state index in [1.807, 2.05) is 63.4 Å². The summed E-state index contributed by atoms with van der Waals surface area (Å²) in [7, 11) is 0. The molecule has 0 saturated carbocycles. The Morgan fingerprint density at radius 3 is 2.69 bits per heavy atom. The zero-order chi connectivity index (χ0) is 22.8. The zero-order valence-corrected chi connectivity index (χ0v) is 20.1. The third-order valence-corrected chi connectivity index (χ3v) is 7.14. The number of carbonyl (C=O) groups is 1. The largest absolute Gasteiger partial charge is 0.325 e. The van der Waals surface area contributed by atoms with Crippen LogP contribution in [0.2, 0.25) is 0 Å². The molecule has 0 fully saturated rings. The number of hydrogen-bond acceptors (Lipinski definition) is 6. The van der Waals surface area contributed by atoms with Gasteiger partial charge in [-0.3, -0.25) is 18.8 Å². The Kier molecular flexibility index (Phi) is 6.48. The van der Waals surface area contributed by atoms with Crippen LogP contribution in [0.3, 0.4) is 0 Å². The van der Waals surface area contributed by atoms with Crippen molar-refractivity contribution in [2.24, 2.45) is 0 Å². The van der Waals surface area contributed by atoms with Gasteiger partial charge in [-0.25, -0.2) is 4.98 Å². The van der Waals surface area contributed by atoms with Crippen LogP contribution in [0.1, 0.15) is 28.6 Å². The molecule has 0 saturated heterocycles. The summed E-state index contributed by atoms with van der Waals surface area (Å²) >= 11 is 2.85. The van der Waals surface area contributed by atoms with Gasteiger partial charge in [0.25, 0.3) is 5.56 Å². The van der Waals surface area contributed by atoms with E-state index in [1.54, 1.807) is 20.6 Å². The Morgan fingerprint density at radius 1 is 1.19 bits per heavy atom. The van der Waals surface area contributed by atoms with Crippen LogP contribution in [0.25, 0.3) is 11.0 Å². The molecule has 1 amide bonds. The third-order valence-electron chi connectivity index (χ3n) is 5.30. The quantitative estimate of drug-likeness (QED) is 0.322. The fraction of sp³-hybridized carbons (Fsp3) is 0.304. The van der Waals surface area contributed by atoms with E-state index < -0.39 is 0 Å². The maximum absolute atomic E-state index is 13.4. The lowest BCUT2D eigenvalue weighted by Crippen LogP contribution is -2.26. The molecule has 0 aliphatic heterocycles. The lowest BCUT2D eigenvalue weighted by Gasteiger charge is -2.12. The first kappa shape index (κ1) is 22.3. The fourth-order valence-electron chi connectivity index (χ4n) is 3.47. The highest BCUT2D eigenvalue weighted by Crippen LogP contribution is 2.22. The van der Waals surface area contributed by atoms with Gasteiger partial charge in [0.15, 0.2) is 10.7 Å². The number of amides is 1. The minimum atomic E-state index is -0.142. The summed E-state index contributed by atoms with van der Waals surface area (Å²) in [5, 5.41) is 9.90. The Balaban J connectivity index is 1.64. The van der Waals surface area contributed by atoms with Crippen molar-refractivity contribution in [2.75, 3.05) is 11.1 Å². The van der Waals surface area contributed by atoms with Crippen LogP contribution in [0.4, 0.5) is 5.69 Å². The monoisotopic (exact) mass is 467 g/mol. The molecule has 0 aliphatic rings. The van der Waals surface area contributed by atoms with Crippen molar-refractivity contribution in [3.05, 3.63) is 67.8 Å². The minimum absolute atomic E-state index is 0.136. The highest BCUT2D eigenvalue weighted by Gasteiger charge is 2.19. The molecule has 0 radical (unpaired) electrons. The first-order valence-electron chi connectivity index (χ1n) is 10.4. The molecule has 32 heavy (non-hydrogen) atoms. The van der Waals surface area contributed by atoms with E-state index in [0.717, 1.165) is 16.1 Å².